The van der Waals surface area contributed by atoms with Gasteiger partial charge in [-0.3, -0.25) is 4.79 Å². The molecular weight excluding hydrogens is 452 g/mol. The number of nitrogens with one attached hydrogen (secondary N) is 1. The molecule has 32 heavy (non-hydrogen) atoms. The van der Waals surface area contributed by atoms with Crippen molar-refractivity contribution < 1.29 is 22.2 Å². The Labute approximate surface area is 190 Å². The Balaban J connectivity index is 1.48. The summed E-state index contributed by atoms with van der Waals surface area (Å²) in [7, 11) is -3.75. The first-order valence-electron chi connectivity index (χ1n) is 10.5. The molecule has 9 nitrogen and oxygen atoms in total. The molecule has 0 aliphatic carbocycles. The van der Waals surface area contributed by atoms with Gasteiger partial charge in [-0.1, -0.05) is 19.0 Å². The Bertz CT molecular complexity index is 1180. The van der Waals surface area contributed by atoms with Gasteiger partial charge in [-0.2, -0.15) is 9.29 Å². The van der Waals surface area contributed by atoms with Crippen LogP contribution in [-0.4, -0.2) is 41.9 Å². The molecule has 0 aromatic carbocycles. The molecule has 172 valence electrons. The lowest BCUT2D eigenvalue weighted by atomic mass is 9.99. The van der Waals surface area contributed by atoms with Crippen LogP contribution in [0.3, 0.4) is 0 Å². The number of aryl methyl sites for hydroxylation is 1. The number of amides is 1. The highest BCUT2D eigenvalue weighted by atomic mass is 32.2. The molecule has 0 bridgehead atoms. The highest BCUT2D eigenvalue weighted by Gasteiger charge is 2.35. The van der Waals surface area contributed by atoms with Crippen molar-refractivity contribution in [2.75, 3.05) is 13.1 Å². The van der Waals surface area contributed by atoms with Gasteiger partial charge in [0.15, 0.2) is 0 Å². The molecule has 3 aromatic heterocycles. The van der Waals surface area contributed by atoms with E-state index in [4.69, 9.17) is 8.94 Å². The smallest absolute Gasteiger partial charge is 0.244 e. The van der Waals surface area contributed by atoms with E-state index in [-0.39, 0.29) is 29.8 Å². The zero-order valence-electron chi connectivity index (χ0n) is 18.2. The SMILES string of the molecule is Cc1sc(-c2noc(C(C)C)n2)cc1S(=O)(=O)N1CCC[C@H](C(=O)NCc2ccco2)C1. The molecule has 11 heteroatoms. The third kappa shape index (κ3) is 4.64. The van der Waals surface area contributed by atoms with E-state index in [1.807, 2.05) is 13.8 Å². The molecule has 0 saturated carbocycles. The van der Waals surface area contributed by atoms with Gasteiger partial charge in [0.25, 0.3) is 0 Å². The Morgan fingerprint density at radius 1 is 1.41 bits per heavy atom. The summed E-state index contributed by atoms with van der Waals surface area (Å²) in [6.45, 7) is 6.48. The second kappa shape index (κ2) is 9.16. The molecule has 1 N–H and O–H groups in total. The minimum absolute atomic E-state index is 0.0877. The summed E-state index contributed by atoms with van der Waals surface area (Å²) in [5, 5.41) is 6.82. The van der Waals surface area contributed by atoms with Crippen molar-refractivity contribution >= 4 is 27.3 Å². The maximum absolute atomic E-state index is 13.4. The lowest BCUT2D eigenvalue weighted by Gasteiger charge is -2.31. The van der Waals surface area contributed by atoms with Crippen LogP contribution in [0.4, 0.5) is 0 Å². The predicted octanol–water partition coefficient (Wildman–Crippen LogP) is 3.54. The molecule has 1 aliphatic rings. The summed E-state index contributed by atoms with van der Waals surface area (Å²) in [6, 6.07) is 5.14. The van der Waals surface area contributed by atoms with E-state index >= 15 is 0 Å². The number of hydrogen-bond donors (Lipinski definition) is 1. The van der Waals surface area contributed by atoms with Crippen molar-refractivity contribution in [1.29, 1.82) is 0 Å². The van der Waals surface area contributed by atoms with Gasteiger partial charge in [-0.15, -0.1) is 11.3 Å². The lowest BCUT2D eigenvalue weighted by molar-refractivity contribution is -0.126. The van der Waals surface area contributed by atoms with E-state index in [0.717, 1.165) is 0 Å². The number of sulfonamides is 1. The Morgan fingerprint density at radius 2 is 2.22 bits per heavy atom. The van der Waals surface area contributed by atoms with Crippen molar-refractivity contribution in [1.82, 2.24) is 19.8 Å². The van der Waals surface area contributed by atoms with Crippen LogP contribution in [0.1, 0.15) is 49.1 Å². The highest BCUT2D eigenvalue weighted by molar-refractivity contribution is 7.89. The summed E-state index contributed by atoms with van der Waals surface area (Å²) in [4.78, 5) is 18.5. The minimum atomic E-state index is -3.75. The monoisotopic (exact) mass is 478 g/mol. The van der Waals surface area contributed by atoms with Crippen LogP contribution in [0.5, 0.6) is 0 Å². The molecule has 1 atom stereocenters. The van der Waals surface area contributed by atoms with E-state index in [9.17, 15) is 13.2 Å². The van der Waals surface area contributed by atoms with Crippen LogP contribution in [0.25, 0.3) is 10.7 Å². The number of carbonyl (C=O) groups is 1. The van der Waals surface area contributed by atoms with Crippen LogP contribution >= 0.6 is 11.3 Å². The summed E-state index contributed by atoms with van der Waals surface area (Å²) >= 11 is 1.32. The fraction of sp³-hybridized carbons (Fsp3) is 0.476. The third-order valence-electron chi connectivity index (χ3n) is 5.42. The number of piperidine rings is 1. The molecule has 4 heterocycles. The maximum atomic E-state index is 13.4. The van der Waals surface area contributed by atoms with Crippen molar-refractivity contribution in [3.8, 4) is 10.7 Å². The molecule has 4 rings (SSSR count). The summed E-state index contributed by atoms with van der Waals surface area (Å²) in [5.41, 5.74) is 0. The van der Waals surface area contributed by atoms with Crippen molar-refractivity contribution in [3.05, 3.63) is 41.0 Å². The number of carbonyl (C=O) groups excluding carboxylic acids is 1. The van der Waals surface area contributed by atoms with E-state index in [2.05, 4.69) is 15.5 Å². The fourth-order valence-electron chi connectivity index (χ4n) is 3.65. The number of rotatable bonds is 7. The molecule has 0 unspecified atom stereocenters. The largest absolute Gasteiger partial charge is 0.467 e. The van der Waals surface area contributed by atoms with E-state index in [0.29, 0.717) is 46.6 Å². The molecule has 1 amide bonds. The highest BCUT2D eigenvalue weighted by Crippen LogP contribution is 2.35. The Hall–Kier alpha value is -2.50. The van der Waals surface area contributed by atoms with Crippen molar-refractivity contribution in [2.45, 2.75) is 51.0 Å². The minimum Gasteiger partial charge on any atom is -0.467 e. The first-order chi connectivity index (χ1) is 15.3. The second-order valence-corrected chi connectivity index (χ2v) is 11.3. The van der Waals surface area contributed by atoms with Crippen LogP contribution in [0, 0.1) is 12.8 Å². The summed E-state index contributed by atoms with van der Waals surface area (Å²) in [6.07, 6.45) is 2.81. The number of aromatic nitrogens is 2. The topological polar surface area (TPSA) is 119 Å². The third-order valence-corrected chi connectivity index (χ3v) is 8.58. The summed E-state index contributed by atoms with van der Waals surface area (Å²) in [5.74, 6) is 1.06. The van der Waals surface area contributed by atoms with Gasteiger partial charge in [0.2, 0.25) is 27.6 Å². The lowest BCUT2D eigenvalue weighted by Crippen LogP contribution is -2.45. The molecular formula is C21H26N4O5S2. The Morgan fingerprint density at radius 3 is 2.91 bits per heavy atom. The number of nitrogens with zero attached hydrogens (tertiary/aromatic N) is 3. The summed E-state index contributed by atoms with van der Waals surface area (Å²) < 4.78 is 38.7. The van der Waals surface area contributed by atoms with E-state index in [1.165, 1.54) is 15.6 Å². The molecule has 1 saturated heterocycles. The van der Waals surface area contributed by atoms with Gasteiger partial charge in [0.1, 0.15) is 5.76 Å². The van der Waals surface area contributed by atoms with Crippen LogP contribution in [-0.2, 0) is 21.4 Å². The van der Waals surface area contributed by atoms with Crippen molar-refractivity contribution in [3.63, 3.8) is 0 Å². The van der Waals surface area contributed by atoms with Crippen LogP contribution in [0.15, 0.2) is 38.3 Å². The van der Waals surface area contributed by atoms with Gasteiger partial charge in [0, 0.05) is 23.9 Å². The average Bonchev–Trinajstić information content (AvgIpc) is 3.52. The number of furan rings is 1. The van der Waals surface area contributed by atoms with Crippen LogP contribution < -0.4 is 5.32 Å². The molecule has 1 aliphatic heterocycles. The zero-order chi connectivity index (χ0) is 22.9. The fourth-order valence-corrected chi connectivity index (χ4v) is 6.66. The first kappa shape index (κ1) is 22.7. The van der Waals surface area contributed by atoms with E-state index in [1.54, 1.807) is 31.4 Å². The molecule has 1 fully saturated rings. The molecule has 0 radical (unpaired) electrons. The van der Waals surface area contributed by atoms with Gasteiger partial charge in [0.05, 0.1) is 28.5 Å². The van der Waals surface area contributed by atoms with Gasteiger partial charge < -0.3 is 14.3 Å². The number of thiophene rings is 1. The number of hydrogen-bond acceptors (Lipinski definition) is 8. The van der Waals surface area contributed by atoms with Crippen LogP contribution in [0.2, 0.25) is 0 Å². The first-order valence-corrected chi connectivity index (χ1v) is 12.8. The average molecular weight is 479 g/mol. The normalized spacial score (nSPS) is 17.7. The standard InChI is InChI=1S/C21H26N4O5S2/c1-13(2)21-23-19(24-30-21)17-10-18(14(3)31-17)32(27,28)25-8-4-6-15(12-25)20(26)22-11-16-7-5-9-29-16/h5,7,9-10,13,15H,4,6,8,11-12H2,1-3H3,(H,22,26)/t15-/m0/s1. The second-order valence-electron chi connectivity index (χ2n) is 8.14. The van der Waals surface area contributed by atoms with Gasteiger partial charge >= 0.3 is 0 Å². The van der Waals surface area contributed by atoms with E-state index < -0.39 is 15.9 Å². The predicted molar refractivity (Wildman–Crippen MR) is 118 cm³/mol. The van der Waals surface area contributed by atoms with Gasteiger partial charge in [-0.05, 0) is 38.0 Å². The zero-order valence-corrected chi connectivity index (χ0v) is 19.8. The molecule has 3 aromatic rings. The molecule has 0 spiro atoms. The Kier molecular flexibility index (Phi) is 6.50. The van der Waals surface area contributed by atoms with Gasteiger partial charge in [-0.25, -0.2) is 8.42 Å². The maximum Gasteiger partial charge on any atom is 0.244 e. The van der Waals surface area contributed by atoms with Crippen molar-refractivity contribution in [2.24, 2.45) is 5.92 Å². The quantitative estimate of drug-likeness (QED) is 0.552.